The van der Waals surface area contributed by atoms with Gasteiger partial charge in [0.15, 0.2) is 11.6 Å². The van der Waals surface area contributed by atoms with Gasteiger partial charge in [-0.1, -0.05) is 59.1 Å². The fourth-order valence-electron chi connectivity index (χ4n) is 2.30. The zero-order valence-electron chi connectivity index (χ0n) is 14.5. The van der Waals surface area contributed by atoms with E-state index in [4.69, 9.17) is 0 Å². The van der Waals surface area contributed by atoms with Crippen LogP contribution in [0.1, 0.15) is 33.4 Å². The number of benzene rings is 3. The van der Waals surface area contributed by atoms with Crippen LogP contribution in [0, 0.1) is 49.2 Å². The number of hydrogen-bond acceptors (Lipinski definition) is 0. The molecular formula is C24H16F2. The standard InChI is InChI=1S/C24H16F2/c1-17-3-7-19(8-4-17)11-13-21-15-16-22(24(26)23(21)25)14-12-20-9-5-18(2)6-10-20/h3-10,15-16H,1-2H3. The lowest BCUT2D eigenvalue weighted by Gasteiger charge is -1.99. The highest BCUT2D eigenvalue weighted by molar-refractivity contribution is 5.49. The van der Waals surface area contributed by atoms with Crippen LogP contribution >= 0.6 is 0 Å². The molecule has 0 atom stereocenters. The van der Waals surface area contributed by atoms with Crippen LogP contribution in [-0.4, -0.2) is 0 Å². The summed E-state index contributed by atoms with van der Waals surface area (Å²) in [6.45, 7) is 3.95. The van der Waals surface area contributed by atoms with E-state index < -0.39 is 11.6 Å². The molecule has 0 aliphatic heterocycles. The van der Waals surface area contributed by atoms with Crippen LogP contribution in [0.15, 0.2) is 60.7 Å². The molecule has 3 rings (SSSR count). The molecule has 0 unspecified atom stereocenters. The van der Waals surface area contributed by atoms with Crippen molar-refractivity contribution < 1.29 is 8.78 Å². The minimum atomic E-state index is -0.972. The summed E-state index contributed by atoms with van der Waals surface area (Å²) in [6.07, 6.45) is 0. The lowest BCUT2D eigenvalue weighted by Crippen LogP contribution is -1.94. The second-order valence-corrected chi connectivity index (χ2v) is 6.02. The third kappa shape index (κ3) is 4.18. The molecule has 0 N–H and O–H groups in total. The predicted octanol–water partition coefficient (Wildman–Crippen LogP) is 5.38. The van der Waals surface area contributed by atoms with Gasteiger partial charge in [-0.25, -0.2) is 8.78 Å². The summed E-state index contributed by atoms with van der Waals surface area (Å²) >= 11 is 0. The van der Waals surface area contributed by atoms with Crippen molar-refractivity contribution in [3.63, 3.8) is 0 Å². The fraction of sp³-hybridized carbons (Fsp3) is 0.0833. The third-order valence-electron chi connectivity index (χ3n) is 3.87. The largest absolute Gasteiger partial charge is 0.202 e. The van der Waals surface area contributed by atoms with E-state index in [2.05, 4.69) is 23.7 Å². The van der Waals surface area contributed by atoms with Crippen molar-refractivity contribution in [2.45, 2.75) is 13.8 Å². The molecule has 0 aliphatic rings. The molecule has 0 aliphatic carbocycles. The Morgan fingerprint density at radius 1 is 0.500 bits per heavy atom. The Morgan fingerprint density at radius 2 is 0.846 bits per heavy atom. The smallest absolute Gasteiger partial charge is 0.175 e. The van der Waals surface area contributed by atoms with E-state index in [1.54, 1.807) is 0 Å². The normalized spacial score (nSPS) is 9.69. The van der Waals surface area contributed by atoms with Crippen LogP contribution in [0.2, 0.25) is 0 Å². The summed E-state index contributed by atoms with van der Waals surface area (Å²) in [7, 11) is 0. The highest BCUT2D eigenvalue weighted by atomic mass is 19.2. The average molecular weight is 342 g/mol. The van der Waals surface area contributed by atoms with E-state index in [1.807, 2.05) is 62.4 Å². The van der Waals surface area contributed by atoms with Crippen LogP contribution < -0.4 is 0 Å². The fourth-order valence-corrected chi connectivity index (χ4v) is 2.30. The van der Waals surface area contributed by atoms with Gasteiger partial charge in [-0.3, -0.25) is 0 Å². The molecule has 26 heavy (non-hydrogen) atoms. The monoisotopic (exact) mass is 342 g/mol. The Bertz CT molecular complexity index is 963. The van der Waals surface area contributed by atoms with Gasteiger partial charge < -0.3 is 0 Å². The summed E-state index contributed by atoms with van der Waals surface area (Å²) in [4.78, 5) is 0. The lowest BCUT2D eigenvalue weighted by molar-refractivity contribution is 0.504. The van der Waals surface area contributed by atoms with Crippen molar-refractivity contribution in [1.29, 1.82) is 0 Å². The third-order valence-corrected chi connectivity index (χ3v) is 3.87. The summed E-state index contributed by atoms with van der Waals surface area (Å²) < 4.78 is 28.5. The summed E-state index contributed by atoms with van der Waals surface area (Å²) in [5.74, 6) is 9.12. The van der Waals surface area contributed by atoms with Gasteiger partial charge in [-0.2, -0.15) is 0 Å². The Balaban J connectivity index is 1.87. The van der Waals surface area contributed by atoms with E-state index in [-0.39, 0.29) is 11.1 Å². The van der Waals surface area contributed by atoms with Gasteiger partial charge in [-0.15, -0.1) is 0 Å². The van der Waals surface area contributed by atoms with Crippen molar-refractivity contribution in [3.8, 4) is 23.7 Å². The van der Waals surface area contributed by atoms with Gasteiger partial charge >= 0.3 is 0 Å². The first-order valence-electron chi connectivity index (χ1n) is 8.18. The molecule has 0 fully saturated rings. The molecule has 2 heteroatoms. The topological polar surface area (TPSA) is 0 Å². The van der Waals surface area contributed by atoms with Crippen molar-refractivity contribution in [1.82, 2.24) is 0 Å². The van der Waals surface area contributed by atoms with Crippen molar-refractivity contribution in [2.24, 2.45) is 0 Å². The molecule has 0 spiro atoms. The molecule has 3 aromatic rings. The molecule has 0 bridgehead atoms. The first-order valence-corrected chi connectivity index (χ1v) is 8.18. The van der Waals surface area contributed by atoms with Crippen LogP contribution in [0.25, 0.3) is 0 Å². The molecule has 0 aromatic heterocycles. The zero-order chi connectivity index (χ0) is 18.5. The molecule has 126 valence electrons. The van der Waals surface area contributed by atoms with Gasteiger partial charge in [-0.05, 0) is 50.2 Å². The van der Waals surface area contributed by atoms with E-state index in [0.29, 0.717) is 0 Å². The predicted molar refractivity (Wildman–Crippen MR) is 101 cm³/mol. The minimum Gasteiger partial charge on any atom is -0.202 e. The van der Waals surface area contributed by atoms with Crippen molar-refractivity contribution in [2.75, 3.05) is 0 Å². The Hall–Kier alpha value is -3.36. The zero-order valence-corrected chi connectivity index (χ0v) is 14.5. The van der Waals surface area contributed by atoms with Crippen LogP contribution in [0.5, 0.6) is 0 Å². The number of halogens is 2. The van der Waals surface area contributed by atoms with Crippen molar-refractivity contribution >= 4 is 0 Å². The Labute approximate surface area is 152 Å². The average Bonchev–Trinajstić information content (AvgIpc) is 2.65. The second-order valence-electron chi connectivity index (χ2n) is 6.02. The van der Waals surface area contributed by atoms with Gasteiger partial charge in [0.25, 0.3) is 0 Å². The van der Waals surface area contributed by atoms with E-state index in [0.717, 1.165) is 22.3 Å². The second kappa shape index (κ2) is 7.68. The molecule has 0 heterocycles. The highest BCUT2D eigenvalue weighted by Crippen LogP contribution is 2.15. The van der Waals surface area contributed by atoms with Crippen LogP contribution in [0.3, 0.4) is 0 Å². The van der Waals surface area contributed by atoms with Crippen molar-refractivity contribution in [3.05, 3.63) is 106 Å². The molecule has 0 amide bonds. The van der Waals surface area contributed by atoms with Gasteiger partial charge in [0.1, 0.15) is 0 Å². The number of aryl methyl sites for hydroxylation is 2. The highest BCUT2D eigenvalue weighted by Gasteiger charge is 2.10. The van der Waals surface area contributed by atoms with Gasteiger partial charge in [0, 0.05) is 11.1 Å². The first-order chi connectivity index (χ1) is 12.5. The first kappa shape index (κ1) is 17.5. The molecule has 3 aromatic carbocycles. The van der Waals surface area contributed by atoms with Crippen LogP contribution in [-0.2, 0) is 0 Å². The van der Waals surface area contributed by atoms with E-state index >= 15 is 0 Å². The maximum Gasteiger partial charge on any atom is 0.175 e. The summed E-state index contributed by atoms with van der Waals surface area (Å²) in [5, 5.41) is 0. The van der Waals surface area contributed by atoms with Gasteiger partial charge in [0.05, 0.1) is 11.1 Å². The van der Waals surface area contributed by atoms with E-state index in [9.17, 15) is 8.78 Å². The number of rotatable bonds is 0. The molecule has 0 radical (unpaired) electrons. The summed E-state index contributed by atoms with van der Waals surface area (Å²) in [6, 6.07) is 18.0. The number of hydrogen-bond donors (Lipinski definition) is 0. The SMILES string of the molecule is Cc1ccc(C#Cc2ccc(C#Cc3ccc(C)cc3)c(F)c2F)cc1. The van der Waals surface area contributed by atoms with E-state index in [1.165, 1.54) is 12.1 Å². The molecule has 0 nitrogen and oxygen atoms in total. The maximum atomic E-state index is 14.3. The Morgan fingerprint density at radius 3 is 1.19 bits per heavy atom. The lowest BCUT2D eigenvalue weighted by atomic mass is 10.1. The molecule has 0 saturated carbocycles. The van der Waals surface area contributed by atoms with Gasteiger partial charge in [0.2, 0.25) is 0 Å². The minimum absolute atomic E-state index is 0.0176. The quantitative estimate of drug-likeness (QED) is 0.481. The summed E-state index contributed by atoms with van der Waals surface area (Å²) in [5.41, 5.74) is 3.76. The molecular weight excluding hydrogens is 326 g/mol. The molecule has 0 saturated heterocycles. The maximum absolute atomic E-state index is 14.3. The van der Waals surface area contributed by atoms with Crippen LogP contribution in [0.4, 0.5) is 8.78 Å². The Kier molecular flexibility index (Phi) is 5.16.